The minimum Gasteiger partial charge on any atom is -0.494 e. The van der Waals surface area contributed by atoms with Crippen LogP contribution < -0.4 is 9.46 Å². The van der Waals surface area contributed by atoms with Crippen LogP contribution in [0, 0.1) is 11.3 Å². The van der Waals surface area contributed by atoms with Gasteiger partial charge >= 0.3 is 0 Å². The highest BCUT2D eigenvalue weighted by Gasteiger charge is 2.27. The maximum atomic E-state index is 12.4. The molecule has 6 nitrogen and oxygen atoms in total. The van der Waals surface area contributed by atoms with E-state index in [1.54, 1.807) is 17.5 Å². The maximum absolute atomic E-state index is 12.4. The molecule has 1 N–H and O–H groups in total. The van der Waals surface area contributed by atoms with Crippen molar-refractivity contribution in [3.05, 3.63) is 71.6 Å². The molecule has 0 radical (unpaired) electrons. The number of ether oxygens (including phenoxy) is 1. The Hall–Kier alpha value is -2.70. The van der Waals surface area contributed by atoms with Crippen LogP contribution in [0.25, 0.3) is 11.1 Å². The zero-order valence-electron chi connectivity index (χ0n) is 17.6. The molecule has 0 aliphatic carbocycles. The standard InChI is InChI=1S/C24H25N3O3S2/c25-17-19-4-6-20(7-5-19)21-8-10-23(11-9-21)30-15-2-13-27-14-12-22(18-27)26-32(28,29)24-3-1-16-31-24/h1,3-11,16,22,26H,2,12-15,18H2/t22-/m1/s1. The minimum atomic E-state index is -3.41. The zero-order valence-corrected chi connectivity index (χ0v) is 19.2. The number of nitriles is 1. The Balaban J connectivity index is 1.18. The molecule has 1 aromatic heterocycles. The monoisotopic (exact) mass is 467 g/mol. The van der Waals surface area contributed by atoms with Crippen LogP contribution >= 0.6 is 11.3 Å². The number of rotatable bonds is 9. The van der Waals surface area contributed by atoms with Gasteiger partial charge in [-0.15, -0.1) is 11.3 Å². The molecule has 2 aromatic carbocycles. The smallest absolute Gasteiger partial charge is 0.250 e. The molecule has 0 bridgehead atoms. The van der Waals surface area contributed by atoms with E-state index in [0.29, 0.717) is 16.4 Å². The molecule has 4 rings (SSSR count). The Morgan fingerprint density at radius 3 is 2.47 bits per heavy atom. The minimum absolute atomic E-state index is 0.0437. The van der Waals surface area contributed by atoms with E-state index >= 15 is 0 Å². The Labute approximate surface area is 193 Å². The van der Waals surface area contributed by atoms with Gasteiger partial charge in [-0.05, 0) is 66.2 Å². The van der Waals surface area contributed by atoms with Crippen LogP contribution in [-0.4, -0.2) is 45.6 Å². The predicted octanol–water partition coefficient (Wildman–Crippen LogP) is 4.11. The third-order valence-electron chi connectivity index (χ3n) is 5.44. The molecule has 1 fully saturated rings. The fourth-order valence-corrected chi connectivity index (χ4v) is 6.06. The van der Waals surface area contributed by atoms with Gasteiger partial charge in [0.25, 0.3) is 0 Å². The summed E-state index contributed by atoms with van der Waals surface area (Å²) >= 11 is 1.24. The van der Waals surface area contributed by atoms with Crippen LogP contribution in [0.15, 0.2) is 70.3 Å². The van der Waals surface area contributed by atoms with E-state index in [1.165, 1.54) is 11.3 Å². The molecule has 0 amide bonds. The number of hydrogen-bond donors (Lipinski definition) is 1. The first-order valence-corrected chi connectivity index (χ1v) is 12.9. The molecule has 1 saturated heterocycles. The van der Waals surface area contributed by atoms with Gasteiger partial charge in [0.05, 0.1) is 18.2 Å². The molecule has 0 spiro atoms. The van der Waals surface area contributed by atoms with Crippen molar-refractivity contribution in [2.45, 2.75) is 23.1 Å². The highest BCUT2D eigenvalue weighted by Crippen LogP contribution is 2.23. The number of thiophene rings is 1. The van der Waals surface area contributed by atoms with Gasteiger partial charge in [0.1, 0.15) is 9.96 Å². The third kappa shape index (κ3) is 5.75. The Morgan fingerprint density at radius 2 is 1.81 bits per heavy atom. The van der Waals surface area contributed by atoms with E-state index in [1.807, 2.05) is 48.5 Å². The van der Waals surface area contributed by atoms with Crippen LogP contribution in [-0.2, 0) is 10.0 Å². The van der Waals surface area contributed by atoms with E-state index < -0.39 is 10.0 Å². The van der Waals surface area contributed by atoms with Gasteiger partial charge < -0.3 is 9.64 Å². The first-order chi connectivity index (χ1) is 15.5. The van der Waals surface area contributed by atoms with Crippen molar-refractivity contribution in [1.82, 2.24) is 9.62 Å². The third-order valence-corrected chi connectivity index (χ3v) is 8.36. The Morgan fingerprint density at radius 1 is 1.09 bits per heavy atom. The average Bonchev–Trinajstić information content (AvgIpc) is 3.50. The number of nitrogens with zero attached hydrogens (tertiary/aromatic N) is 2. The van der Waals surface area contributed by atoms with Crippen LogP contribution in [0.3, 0.4) is 0 Å². The number of nitrogens with one attached hydrogen (secondary N) is 1. The Kier molecular flexibility index (Phi) is 7.22. The second kappa shape index (κ2) is 10.3. The average molecular weight is 468 g/mol. The fraction of sp³-hybridized carbons (Fsp3) is 0.292. The molecule has 32 heavy (non-hydrogen) atoms. The summed E-state index contributed by atoms with van der Waals surface area (Å²) in [4.78, 5) is 2.28. The van der Waals surface area contributed by atoms with Crippen molar-refractivity contribution in [3.8, 4) is 22.9 Å². The predicted molar refractivity (Wildman–Crippen MR) is 126 cm³/mol. The summed E-state index contributed by atoms with van der Waals surface area (Å²) < 4.78 is 33.8. The molecule has 0 saturated carbocycles. The first-order valence-electron chi connectivity index (χ1n) is 10.5. The van der Waals surface area contributed by atoms with E-state index in [4.69, 9.17) is 10.00 Å². The summed E-state index contributed by atoms with van der Waals surface area (Å²) in [6.07, 6.45) is 1.70. The van der Waals surface area contributed by atoms with E-state index in [2.05, 4.69) is 15.7 Å². The van der Waals surface area contributed by atoms with Crippen molar-refractivity contribution in [1.29, 1.82) is 5.26 Å². The molecular formula is C24H25N3O3S2. The van der Waals surface area contributed by atoms with Crippen LogP contribution in [0.2, 0.25) is 0 Å². The van der Waals surface area contributed by atoms with E-state index in [9.17, 15) is 8.42 Å². The lowest BCUT2D eigenvalue weighted by molar-refractivity contribution is 0.261. The van der Waals surface area contributed by atoms with E-state index in [-0.39, 0.29) is 6.04 Å². The molecule has 0 unspecified atom stereocenters. The van der Waals surface area contributed by atoms with Gasteiger partial charge in [-0.1, -0.05) is 30.3 Å². The number of sulfonamides is 1. The number of benzene rings is 2. The maximum Gasteiger partial charge on any atom is 0.250 e. The summed E-state index contributed by atoms with van der Waals surface area (Å²) in [7, 11) is -3.41. The second-order valence-electron chi connectivity index (χ2n) is 7.76. The van der Waals surface area contributed by atoms with Crippen molar-refractivity contribution < 1.29 is 13.2 Å². The summed E-state index contributed by atoms with van der Waals surface area (Å²) in [6, 6.07) is 20.9. The largest absolute Gasteiger partial charge is 0.494 e. The molecule has 166 valence electrons. The summed E-state index contributed by atoms with van der Waals surface area (Å²) in [6.45, 7) is 3.10. The number of hydrogen-bond acceptors (Lipinski definition) is 6. The van der Waals surface area contributed by atoms with Gasteiger partial charge in [-0.25, -0.2) is 13.1 Å². The summed E-state index contributed by atoms with van der Waals surface area (Å²) in [5, 5.41) is 10.7. The highest BCUT2D eigenvalue weighted by molar-refractivity contribution is 7.91. The fourth-order valence-electron chi connectivity index (χ4n) is 3.78. The normalized spacial score (nSPS) is 16.7. The SMILES string of the molecule is N#Cc1ccc(-c2ccc(OCCCN3CC[C@@H](NS(=O)(=O)c4cccs4)C3)cc2)cc1. The molecule has 8 heteroatoms. The first kappa shape index (κ1) is 22.5. The zero-order chi connectivity index (χ0) is 22.4. The molecule has 1 aliphatic rings. The summed E-state index contributed by atoms with van der Waals surface area (Å²) in [5.41, 5.74) is 2.79. The lowest BCUT2D eigenvalue weighted by Crippen LogP contribution is -2.37. The van der Waals surface area contributed by atoms with Gasteiger partial charge in [-0.3, -0.25) is 0 Å². The summed E-state index contributed by atoms with van der Waals surface area (Å²) in [5.74, 6) is 0.824. The number of likely N-dealkylation sites (tertiary alicyclic amines) is 1. The molecule has 2 heterocycles. The lowest BCUT2D eigenvalue weighted by atomic mass is 10.0. The van der Waals surface area contributed by atoms with Gasteiger partial charge in [0.15, 0.2) is 0 Å². The van der Waals surface area contributed by atoms with Crippen molar-refractivity contribution >= 4 is 21.4 Å². The topological polar surface area (TPSA) is 82.4 Å². The van der Waals surface area contributed by atoms with Crippen molar-refractivity contribution in [2.24, 2.45) is 0 Å². The second-order valence-corrected chi connectivity index (χ2v) is 10.6. The lowest BCUT2D eigenvalue weighted by Gasteiger charge is -2.16. The van der Waals surface area contributed by atoms with Crippen LogP contribution in [0.1, 0.15) is 18.4 Å². The van der Waals surface area contributed by atoms with Crippen LogP contribution in [0.4, 0.5) is 0 Å². The van der Waals surface area contributed by atoms with Crippen molar-refractivity contribution in [3.63, 3.8) is 0 Å². The molecule has 1 atom stereocenters. The van der Waals surface area contributed by atoms with Gasteiger partial charge in [-0.2, -0.15) is 5.26 Å². The molecule has 3 aromatic rings. The van der Waals surface area contributed by atoms with E-state index in [0.717, 1.165) is 49.4 Å². The highest BCUT2D eigenvalue weighted by atomic mass is 32.2. The van der Waals surface area contributed by atoms with Gasteiger partial charge in [0.2, 0.25) is 10.0 Å². The quantitative estimate of drug-likeness (QED) is 0.479. The molecular weight excluding hydrogens is 442 g/mol. The molecule has 1 aliphatic heterocycles. The van der Waals surface area contributed by atoms with Gasteiger partial charge in [0, 0.05) is 19.1 Å². The van der Waals surface area contributed by atoms with Crippen LogP contribution in [0.5, 0.6) is 5.75 Å². The van der Waals surface area contributed by atoms with Crippen molar-refractivity contribution in [2.75, 3.05) is 26.2 Å². The Bertz CT molecular complexity index is 1150.